The van der Waals surface area contributed by atoms with Crippen LogP contribution < -0.4 is 16.8 Å². The van der Waals surface area contributed by atoms with Crippen molar-refractivity contribution in [2.75, 3.05) is 12.0 Å². The van der Waals surface area contributed by atoms with Gasteiger partial charge in [-0.3, -0.25) is 14.8 Å². The topological polar surface area (TPSA) is 82.2 Å². The van der Waals surface area contributed by atoms with Gasteiger partial charge in [0.15, 0.2) is 0 Å². The lowest BCUT2D eigenvalue weighted by atomic mass is 10.2. The number of benzene rings is 1. The molecule has 1 fully saturated rings. The van der Waals surface area contributed by atoms with Crippen LogP contribution in [0.25, 0.3) is 10.9 Å². The molecule has 0 bridgehead atoms. The minimum absolute atomic E-state index is 0.0627. The maximum Gasteiger partial charge on any atom is 0.262 e. The van der Waals surface area contributed by atoms with Crippen LogP contribution in [0.15, 0.2) is 29.1 Å². The molecule has 6 heteroatoms. The number of hydrogen-bond acceptors (Lipinski definition) is 5. The van der Waals surface area contributed by atoms with E-state index >= 15 is 0 Å². The van der Waals surface area contributed by atoms with Crippen molar-refractivity contribution in [3.05, 3.63) is 34.6 Å². The van der Waals surface area contributed by atoms with E-state index < -0.39 is 0 Å². The molecule has 19 heavy (non-hydrogen) atoms. The monoisotopic (exact) mass is 260 g/mol. The molecule has 1 aromatic heterocycles. The van der Waals surface area contributed by atoms with Crippen molar-refractivity contribution in [3.8, 4) is 0 Å². The largest absolute Gasteiger partial charge is 0.376 e. The highest BCUT2D eigenvalue weighted by Crippen LogP contribution is 2.16. The van der Waals surface area contributed by atoms with Crippen LogP contribution in [0.4, 0.5) is 5.95 Å². The average molecular weight is 260 g/mol. The van der Waals surface area contributed by atoms with Crippen molar-refractivity contribution in [2.24, 2.45) is 5.84 Å². The number of anilines is 1. The van der Waals surface area contributed by atoms with Crippen LogP contribution in [0.5, 0.6) is 0 Å². The highest BCUT2D eigenvalue weighted by atomic mass is 16.5. The van der Waals surface area contributed by atoms with Crippen LogP contribution in [0.3, 0.4) is 0 Å². The third kappa shape index (κ3) is 2.20. The maximum absolute atomic E-state index is 12.5. The summed E-state index contributed by atoms with van der Waals surface area (Å²) in [4.78, 5) is 16.8. The van der Waals surface area contributed by atoms with Crippen molar-refractivity contribution in [1.82, 2.24) is 9.55 Å². The zero-order chi connectivity index (χ0) is 13.2. The summed E-state index contributed by atoms with van der Waals surface area (Å²) in [5.74, 6) is 5.85. The van der Waals surface area contributed by atoms with Crippen molar-refractivity contribution < 1.29 is 4.74 Å². The second-order valence-corrected chi connectivity index (χ2v) is 4.65. The Bertz CT molecular complexity index is 647. The minimum Gasteiger partial charge on any atom is -0.376 e. The number of fused-ring (bicyclic) bond motifs is 1. The first kappa shape index (κ1) is 12.1. The van der Waals surface area contributed by atoms with E-state index in [0.29, 0.717) is 23.4 Å². The zero-order valence-electron chi connectivity index (χ0n) is 10.5. The molecule has 0 saturated carbocycles. The summed E-state index contributed by atoms with van der Waals surface area (Å²) < 4.78 is 7.12. The van der Waals surface area contributed by atoms with E-state index in [1.807, 2.05) is 12.1 Å². The molecule has 0 unspecified atom stereocenters. The van der Waals surface area contributed by atoms with Crippen molar-refractivity contribution in [1.29, 1.82) is 0 Å². The van der Waals surface area contributed by atoms with Gasteiger partial charge in [0.1, 0.15) is 0 Å². The molecule has 0 amide bonds. The van der Waals surface area contributed by atoms with E-state index in [2.05, 4.69) is 10.4 Å². The molecule has 0 spiro atoms. The van der Waals surface area contributed by atoms with Gasteiger partial charge in [-0.05, 0) is 25.0 Å². The van der Waals surface area contributed by atoms with Crippen LogP contribution in [0.1, 0.15) is 12.8 Å². The summed E-state index contributed by atoms with van der Waals surface area (Å²) in [5.41, 5.74) is 3.05. The normalized spacial score (nSPS) is 18.9. The third-order valence-corrected chi connectivity index (χ3v) is 3.40. The molecule has 1 saturated heterocycles. The average Bonchev–Trinajstić information content (AvgIpc) is 2.95. The minimum atomic E-state index is -0.0888. The fourth-order valence-electron chi connectivity index (χ4n) is 2.44. The number of hydrogen-bond donors (Lipinski definition) is 2. The van der Waals surface area contributed by atoms with Gasteiger partial charge in [-0.25, -0.2) is 10.8 Å². The van der Waals surface area contributed by atoms with Crippen LogP contribution in [0.2, 0.25) is 0 Å². The van der Waals surface area contributed by atoms with Crippen LogP contribution in [0, 0.1) is 0 Å². The van der Waals surface area contributed by atoms with Crippen LogP contribution >= 0.6 is 0 Å². The highest BCUT2D eigenvalue weighted by Gasteiger charge is 2.19. The summed E-state index contributed by atoms with van der Waals surface area (Å²) in [6.45, 7) is 1.24. The number of ether oxygens (including phenoxy) is 1. The number of aromatic nitrogens is 2. The highest BCUT2D eigenvalue weighted by molar-refractivity contribution is 5.78. The Balaban J connectivity index is 2.10. The predicted octanol–water partition coefficient (Wildman–Crippen LogP) is 0.861. The van der Waals surface area contributed by atoms with Gasteiger partial charge < -0.3 is 4.74 Å². The van der Waals surface area contributed by atoms with E-state index in [0.717, 1.165) is 19.4 Å². The van der Waals surface area contributed by atoms with Gasteiger partial charge in [-0.2, -0.15) is 0 Å². The zero-order valence-corrected chi connectivity index (χ0v) is 10.5. The molecule has 1 aliphatic heterocycles. The van der Waals surface area contributed by atoms with Gasteiger partial charge in [0, 0.05) is 6.61 Å². The van der Waals surface area contributed by atoms with E-state index in [-0.39, 0.29) is 11.7 Å². The maximum atomic E-state index is 12.5. The van der Waals surface area contributed by atoms with Gasteiger partial charge >= 0.3 is 0 Å². The van der Waals surface area contributed by atoms with E-state index in [1.54, 1.807) is 16.7 Å². The SMILES string of the molecule is NNc1nc2ccccc2c(=O)n1C[C@H]1CCCO1. The molecule has 2 heterocycles. The second kappa shape index (κ2) is 4.99. The molecule has 1 atom stereocenters. The lowest BCUT2D eigenvalue weighted by Crippen LogP contribution is -2.31. The Morgan fingerprint density at radius 3 is 3.05 bits per heavy atom. The first-order valence-electron chi connectivity index (χ1n) is 6.37. The number of hydrazine groups is 1. The number of rotatable bonds is 3. The van der Waals surface area contributed by atoms with Gasteiger partial charge in [-0.15, -0.1) is 0 Å². The molecule has 0 aliphatic carbocycles. The first-order chi connectivity index (χ1) is 9.29. The lowest BCUT2D eigenvalue weighted by Gasteiger charge is -2.15. The molecule has 6 nitrogen and oxygen atoms in total. The van der Waals surface area contributed by atoms with Crippen LogP contribution in [-0.4, -0.2) is 22.3 Å². The molecule has 3 rings (SSSR count). The molecular formula is C13H16N4O2. The van der Waals surface area contributed by atoms with E-state index in [9.17, 15) is 4.79 Å². The van der Waals surface area contributed by atoms with Gasteiger partial charge in [-0.1, -0.05) is 12.1 Å². The van der Waals surface area contributed by atoms with Crippen molar-refractivity contribution in [3.63, 3.8) is 0 Å². The predicted molar refractivity (Wildman–Crippen MR) is 72.8 cm³/mol. The number of nitrogens with two attached hydrogens (primary N) is 1. The molecule has 100 valence electrons. The number of nitrogens with zero attached hydrogens (tertiary/aromatic N) is 2. The molecule has 0 radical (unpaired) electrons. The Hall–Kier alpha value is -1.92. The summed E-state index contributed by atoms with van der Waals surface area (Å²) in [6.07, 6.45) is 2.06. The van der Waals surface area contributed by atoms with Crippen molar-refractivity contribution >= 4 is 16.9 Å². The van der Waals surface area contributed by atoms with E-state index in [4.69, 9.17) is 10.6 Å². The number of nitrogens with one attached hydrogen (secondary N) is 1. The quantitative estimate of drug-likeness (QED) is 0.632. The Morgan fingerprint density at radius 2 is 2.32 bits per heavy atom. The van der Waals surface area contributed by atoms with Crippen LogP contribution in [-0.2, 0) is 11.3 Å². The molecular weight excluding hydrogens is 244 g/mol. The van der Waals surface area contributed by atoms with Gasteiger partial charge in [0.25, 0.3) is 5.56 Å². The molecule has 1 aliphatic rings. The standard InChI is InChI=1S/C13H16N4O2/c14-16-13-15-11-6-2-1-5-10(11)12(18)17(13)8-9-4-3-7-19-9/h1-2,5-6,9H,3-4,7-8,14H2,(H,15,16)/t9-/m1/s1. The third-order valence-electron chi connectivity index (χ3n) is 3.40. The van der Waals surface area contributed by atoms with Gasteiger partial charge in [0.2, 0.25) is 5.95 Å². The lowest BCUT2D eigenvalue weighted by molar-refractivity contribution is 0.0965. The van der Waals surface area contributed by atoms with Gasteiger partial charge in [0.05, 0.1) is 23.6 Å². The summed E-state index contributed by atoms with van der Waals surface area (Å²) >= 11 is 0. The van der Waals surface area contributed by atoms with E-state index in [1.165, 1.54) is 0 Å². The molecule has 3 N–H and O–H groups in total. The van der Waals surface area contributed by atoms with Crippen molar-refractivity contribution in [2.45, 2.75) is 25.5 Å². The Morgan fingerprint density at radius 1 is 1.47 bits per heavy atom. The Labute approximate surface area is 110 Å². The smallest absolute Gasteiger partial charge is 0.262 e. The summed E-state index contributed by atoms with van der Waals surface area (Å²) in [5, 5.41) is 0.597. The fraction of sp³-hybridized carbons (Fsp3) is 0.385. The second-order valence-electron chi connectivity index (χ2n) is 4.65. The summed E-state index contributed by atoms with van der Waals surface area (Å²) in [6, 6.07) is 7.25. The number of nitrogen functional groups attached to an aromatic ring is 1. The first-order valence-corrected chi connectivity index (χ1v) is 6.37. The summed E-state index contributed by atoms with van der Waals surface area (Å²) in [7, 11) is 0. The molecule has 2 aromatic rings. The fourth-order valence-corrected chi connectivity index (χ4v) is 2.44. The molecule has 1 aromatic carbocycles. The number of para-hydroxylation sites is 1. The Kier molecular flexibility index (Phi) is 3.18.